The van der Waals surface area contributed by atoms with Crippen LogP contribution >= 0.6 is 11.6 Å². The lowest BCUT2D eigenvalue weighted by molar-refractivity contribution is -0.123. The molecule has 0 spiro atoms. The van der Waals surface area contributed by atoms with E-state index in [2.05, 4.69) is 10.1 Å². The van der Waals surface area contributed by atoms with E-state index in [4.69, 9.17) is 11.6 Å². The van der Waals surface area contributed by atoms with E-state index in [0.29, 0.717) is 28.6 Å². The molecule has 0 bridgehead atoms. The van der Waals surface area contributed by atoms with Crippen LogP contribution < -0.4 is 0 Å². The first-order chi connectivity index (χ1) is 15.0. The fourth-order valence-electron chi connectivity index (χ4n) is 4.17. The van der Waals surface area contributed by atoms with Crippen molar-refractivity contribution in [2.24, 2.45) is 11.8 Å². The second-order valence-electron chi connectivity index (χ2n) is 8.04. The van der Waals surface area contributed by atoms with Crippen LogP contribution in [0.5, 0.6) is 0 Å². The molecule has 2 aromatic heterocycles. The van der Waals surface area contributed by atoms with E-state index < -0.39 is 0 Å². The zero-order valence-electron chi connectivity index (χ0n) is 17.0. The zero-order valence-corrected chi connectivity index (χ0v) is 17.8. The Kier molecular flexibility index (Phi) is 6.56. The van der Waals surface area contributed by atoms with Crippen LogP contribution in [0.2, 0.25) is 5.15 Å². The van der Waals surface area contributed by atoms with Crippen molar-refractivity contribution >= 4 is 23.2 Å². The summed E-state index contributed by atoms with van der Waals surface area (Å²) in [6.45, 7) is 0. The summed E-state index contributed by atoms with van der Waals surface area (Å²) in [7, 11) is 0. The van der Waals surface area contributed by atoms with E-state index in [-0.39, 0.29) is 35.6 Å². The summed E-state index contributed by atoms with van der Waals surface area (Å²) in [6, 6.07) is 13.2. The Morgan fingerprint density at radius 3 is 2.55 bits per heavy atom. The molecule has 1 saturated carbocycles. The topological polar surface area (TPSA) is 64.8 Å². The van der Waals surface area contributed by atoms with Crippen molar-refractivity contribution in [1.29, 1.82) is 0 Å². The van der Waals surface area contributed by atoms with E-state index in [9.17, 15) is 14.0 Å². The number of carbonyl (C=O) groups excluding carboxylic acids is 2. The Bertz CT molecular complexity index is 1090. The highest BCUT2D eigenvalue weighted by Gasteiger charge is 2.28. The summed E-state index contributed by atoms with van der Waals surface area (Å²) in [5.74, 6) is 0.0344. The fraction of sp³-hybridized carbons (Fsp3) is 0.333. The average Bonchev–Trinajstić information content (AvgIpc) is 3.22. The number of carbonyl (C=O) groups is 2. The van der Waals surface area contributed by atoms with Gasteiger partial charge in [-0.25, -0.2) is 14.1 Å². The normalized spacial score (nSPS) is 18.6. The molecule has 0 unspecified atom stereocenters. The Morgan fingerprint density at radius 1 is 1.03 bits per heavy atom. The van der Waals surface area contributed by atoms with Gasteiger partial charge in [-0.1, -0.05) is 29.8 Å². The molecular formula is C24H23ClFN3O2. The maximum atomic E-state index is 13.9. The van der Waals surface area contributed by atoms with Crippen molar-refractivity contribution in [3.63, 3.8) is 0 Å². The third-order valence-electron chi connectivity index (χ3n) is 5.88. The highest BCUT2D eigenvalue weighted by molar-refractivity contribution is 6.29. The molecule has 4 rings (SSSR count). The smallest absolute Gasteiger partial charge is 0.181 e. The molecule has 0 amide bonds. The minimum absolute atomic E-state index is 0.00374. The number of benzene rings is 1. The SMILES string of the molecule is O=C(CC1CCC(C(=O)Cc2ccn(-c3ccccc3F)n2)CC1)c1cccc(Cl)n1. The van der Waals surface area contributed by atoms with Gasteiger partial charge in [0.25, 0.3) is 0 Å². The molecule has 1 aliphatic rings. The minimum atomic E-state index is -0.357. The third kappa shape index (κ3) is 5.25. The molecule has 31 heavy (non-hydrogen) atoms. The van der Waals surface area contributed by atoms with Gasteiger partial charge in [-0.2, -0.15) is 5.10 Å². The van der Waals surface area contributed by atoms with Gasteiger partial charge in [-0.15, -0.1) is 0 Å². The molecule has 1 fully saturated rings. The third-order valence-corrected chi connectivity index (χ3v) is 6.09. The van der Waals surface area contributed by atoms with Crippen LogP contribution in [0.1, 0.15) is 48.3 Å². The second kappa shape index (κ2) is 9.52. The molecule has 0 aliphatic heterocycles. The molecule has 7 heteroatoms. The fourth-order valence-corrected chi connectivity index (χ4v) is 4.33. The van der Waals surface area contributed by atoms with Gasteiger partial charge in [0.1, 0.15) is 28.1 Å². The van der Waals surface area contributed by atoms with Gasteiger partial charge in [0.2, 0.25) is 0 Å². The van der Waals surface area contributed by atoms with Gasteiger partial charge >= 0.3 is 0 Å². The van der Waals surface area contributed by atoms with Crippen LogP contribution in [0.15, 0.2) is 54.7 Å². The van der Waals surface area contributed by atoms with Gasteiger partial charge in [0.05, 0.1) is 12.1 Å². The Balaban J connectivity index is 1.29. The lowest BCUT2D eigenvalue weighted by Gasteiger charge is -2.27. The Hall–Kier alpha value is -2.86. The first-order valence-corrected chi connectivity index (χ1v) is 10.9. The average molecular weight is 440 g/mol. The number of hydrogen-bond acceptors (Lipinski definition) is 4. The first-order valence-electron chi connectivity index (χ1n) is 10.5. The molecule has 0 N–H and O–H groups in total. The van der Waals surface area contributed by atoms with Crippen LogP contribution in [0.25, 0.3) is 5.69 Å². The molecule has 160 valence electrons. The van der Waals surface area contributed by atoms with E-state index in [1.807, 2.05) is 0 Å². The van der Waals surface area contributed by atoms with Crippen LogP contribution in [0.3, 0.4) is 0 Å². The van der Waals surface area contributed by atoms with Crippen molar-refractivity contribution in [1.82, 2.24) is 14.8 Å². The number of aromatic nitrogens is 3. The molecule has 2 heterocycles. The number of halogens is 2. The summed E-state index contributed by atoms with van der Waals surface area (Å²) >= 11 is 5.87. The largest absolute Gasteiger partial charge is 0.299 e. The van der Waals surface area contributed by atoms with Crippen molar-refractivity contribution in [3.05, 3.63) is 77.1 Å². The molecule has 5 nitrogen and oxygen atoms in total. The first kappa shape index (κ1) is 21.4. The minimum Gasteiger partial charge on any atom is -0.299 e. The van der Waals surface area contributed by atoms with Crippen LogP contribution in [-0.2, 0) is 11.2 Å². The quantitative estimate of drug-likeness (QED) is 0.372. The van der Waals surface area contributed by atoms with Crippen molar-refractivity contribution in [2.75, 3.05) is 0 Å². The number of pyridine rings is 1. The molecule has 0 saturated heterocycles. The Morgan fingerprint density at radius 2 is 1.81 bits per heavy atom. The van der Waals surface area contributed by atoms with E-state index in [1.165, 1.54) is 10.7 Å². The van der Waals surface area contributed by atoms with Crippen molar-refractivity contribution in [3.8, 4) is 5.69 Å². The van der Waals surface area contributed by atoms with E-state index >= 15 is 0 Å². The summed E-state index contributed by atoms with van der Waals surface area (Å²) in [5.41, 5.74) is 1.40. The standard InChI is InChI=1S/C24H23ClFN3O2/c25-24-7-3-5-20(27-24)23(31)14-16-8-10-17(11-9-16)22(30)15-18-12-13-29(28-18)21-6-2-1-4-19(21)26/h1-7,12-13,16-17H,8-11,14-15H2. The second-order valence-corrected chi connectivity index (χ2v) is 8.42. The molecule has 3 aromatic rings. The van der Waals surface area contributed by atoms with Crippen LogP contribution in [0, 0.1) is 17.7 Å². The van der Waals surface area contributed by atoms with Gasteiger partial charge in [-0.3, -0.25) is 9.59 Å². The predicted octanol–water partition coefficient (Wildman–Crippen LogP) is 5.25. The number of nitrogens with zero attached hydrogens (tertiary/aromatic N) is 3. The maximum absolute atomic E-state index is 13.9. The molecule has 0 atom stereocenters. The molecule has 1 aliphatic carbocycles. The molecule has 0 radical (unpaired) electrons. The monoisotopic (exact) mass is 439 g/mol. The molecular weight excluding hydrogens is 417 g/mol. The van der Waals surface area contributed by atoms with Crippen LogP contribution in [-0.4, -0.2) is 26.3 Å². The van der Waals surface area contributed by atoms with Crippen LogP contribution in [0.4, 0.5) is 4.39 Å². The van der Waals surface area contributed by atoms with Gasteiger partial charge in [-0.05, 0) is 61.9 Å². The number of Topliss-reactive ketones (excluding diaryl/α,β-unsaturated/α-hetero) is 2. The Labute approximate surface area is 185 Å². The van der Waals surface area contributed by atoms with Crippen molar-refractivity contribution in [2.45, 2.75) is 38.5 Å². The number of hydrogen-bond donors (Lipinski definition) is 0. The highest BCUT2D eigenvalue weighted by Crippen LogP contribution is 2.32. The lowest BCUT2D eigenvalue weighted by Crippen LogP contribution is -2.24. The number of ketones is 2. The van der Waals surface area contributed by atoms with E-state index in [0.717, 1.165) is 25.7 Å². The van der Waals surface area contributed by atoms with Crippen molar-refractivity contribution < 1.29 is 14.0 Å². The summed E-state index contributed by atoms with van der Waals surface area (Å²) in [5, 5.41) is 4.68. The summed E-state index contributed by atoms with van der Waals surface area (Å²) < 4.78 is 15.4. The molecule has 1 aromatic carbocycles. The summed E-state index contributed by atoms with van der Waals surface area (Å²) in [6.07, 6.45) is 5.57. The van der Waals surface area contributed by atoms with Gasteiger partial charge in [0, 0.05) is 18.5 Å². The predicted molar refractivity (Wildman–Crippen MR) is 116 cm³/mol. The number of rotatable bonds is 7. The zero-order chi connectivity index (χ0) is 21.8. The summed E-state index contributed by atoms with van der Waals surface area (Å²) in [4.78, 5) is 29.3. The van der Waals surface area contributed by atoms with Gasteiger partial charge in [0.15, 0.2) is 5.78 Å². The van der Waals surface area contributed by atoms with Gasteiger partial charge < -0.3 is 0 Å². The highest BCUT2D eigenvalue weighted by atomic mass is 35.5. The number of para-hydroxylation sites is 1. The van der Waals surface area contributed by atoms with E-state index in [1.54, 1.807) is 48.7 Å². The maximum Gasteiger partial charge on any atom is 0.181 e. The lowest BCUT2D eigenvalue weighted by atomic mass is 9.77.